The van der Waals surface area contributed by atoms with Gasteiger partial charge in [0.25, 0.3) is 0 Å². The van der Waals surface area contributed by atoms with Gasteiger partial charge in [-0.3, -0.25) is 14.3 Å². The summed E-state index contributed by atoms with van der Waals surface area (Å²) >= 11 is 6.37. The maximum Gasteiger partial charge on any atom is 0.242 e. The van der Waals surface area contributed by atoms with Gasteiger partial charge in [0.15, 0.2) is 6.29 Å². The van der Waals surface area contributed by atoms with Crippen LogP contribution in [0.5, 0.6) is 0 Å². The molecule has 0 spiro atoms. The van der Waals surface area contributed by atoms with Gasteiger partial charge in [-0.2, -0.15) is 5.10 Å². The molecular weight excluding hydrogens is 478 g/mol. The molecule has 0 bridgehead atoms. The molecule has 1 unspecified atom stereocenters. The van der Waals surface area contributed by atoms with Gasteiger partial charge in [0.1, 0.15) is 5.69 Å². The number of rotatable bonds is 8. The van der Waals surface area contributed by atoms with Gasteiger partial charge in [-0.15, -0.1) is 0 Å². The molecule has 0 saturated heterocycles. The molecule has 0 aliphatic rings. The van der Waals surface area contributed by atoms with Crippen molar-refractivity contribution in [2.75, 3.05) is 20.6 Å². The predicted octanol–water partition coefficient (Wildman–Crippen LogP) is 4.15. The van der Waals surface area contributed by atoms with Crippen molar-refractivity contribution >= 4 is 45.5 Å². The molecule has 184 valence electrons. The van der Waals surface area contributed by atoms with E-state index in [1.54, 1.807) is 16.9 Å². The Morgan fingerprint density at radius 2 is 1.94 bits per heavy atom. The van der Waals surface area contributed by atoms with Crippen molar-refractivity contribution in [1.29, 1.82) is 0 Å². The highest BCUT2D eigenvalue weighted by atomic mass is 35.5. The first-order valence-corrected chi connectivity index (χ1v) is 11.9. The van der Waals surface area contributed by atoms with Gasteiger partial charge < -0.3 is 19.6 Å². The van der Waals surface area contributed by atoms with Crippen molar-refractivity contribution in [1.82, 2.24) is 24.2 Å². The van der Waals surface area contributed by atoms with E-state index >= 15 is 0 Å². The maximum absolute atomic E-state index is 12.7. The fraction of sp³-hybridized carbons (Fsp3) is 0.222. The summed E-state index contributed by atoms with van der Waals surface area (Å²) in [5, 5.41) is 17.8. The van der Waals surface area contributed by atoms with Crippen LogP contribution in [0, 0.1) is 0 Å². The summed E-state index contributed by atoms with van der Waals surface area (Å²) < 4.78 is 3.75. The Morgan fingerprint density at radius 1 is 1.17 bits per heavy atom. The van der Waals surface area contributed by atoms with E-state index in [0.717, 1.165) is 27.4 Å². The molecule has 0 amide bonds. The van der Waals surface area contributed by atoms with Crippen LogP contribution in [0.2, 0.25) is 5.02 Å². The molecule has 0 aliphatic carbocycles. The van der Waals surface area contributed by atoms with Crippen molar-refractivity contribution in [3.05, 3.63) is 65.6 Å². The molecule has 3 heterocycles. The molecule has 1 atom stereocenters. The Bertz CT molecular complexity index is 1610. The number of aliphatic hydroxyl groups excluding tert-OH is 1. The summed E-state index contributed by atoms with van der Waals surface area (Å²) in [4.78, 5) is 29.1. The molecule has 9 heteroatoms. The quantitative estimate of drug-likeness (QED) is 0.188. The second-order valence-electron chi connectivity index (χ2n) is 9.21. The number of halogens is 1. The third kappa shape index (κ3) is 4.13. The number of hydrogen-bond acceptors (Lipinski definition) is 5. The molecule has 2 N–H and O–H groups in total. The van der Waals surface area contributed by atoms with Gasteiger partial charge in [-0.1, -0.05) is 29.8 Å². The van der Waals surface area contributed by atoms with Gasteiger partial charge >= 0.3 is 0 Å². The number of aldehydes is 1. The van der Waals surface area contributed by atoms with E-state index in [1.807, 2.05) is 73.2 Å². The van der Waals surface area contributed by atoms with Gasteiger partial charge in [-0.05, 0) is 38.4 Å². The molecule has 2 aromatic carbocycles. The minimum atomic E-state index is -0.646. The number of carbonyl (C=O) groups is 2. The van der Waals surface area contributed by atoms with E-state index in [4.69, 9.17) is 16.7 Å². The number of nitrogens with one attached hydrogen (secondary N) is 1. The fourth-order valence-corrected chi connectivity index (χ4v) is 5.02. The lowest BCUT2D eigenvalue weighted by Crippen LogP contribution is -2.29. The molecule has 5 rings (SSSR count). The van der Waals surface area contributed by atoms with E-state index in [2.05, 4.69) is 4.98 Å². The SMILES string of the molecule is CN(C)CC(O)Cn1nc(-c2c[nH]c(C(=O)C=O)c2-c2cn(C)c3ccccc23)c2cc(Cl)ccc21. The first-order valence-electron chi connectivity index (χ1n) is 11.5. The molecule has 0 radical (unpaired) electrons. The highest BCUT2D eigenvalue weighted by Crippen LogP contribution is 2.41. The van der Waals surface area contributed by atoms with Crippen LogP contribution in [0.15, 0.2) is 54.9 Å². The zero-order valence-electron chi connectivity index (χ0n) is 20.2. The molecular formula is C27H26ClN5O3. The first-order chi connectivity index (χ1) is 17.3. The number of ketones is 1. The van der Waals surface area contributed by atoms with Crippen LogP contribution < -0.4 is 0 Å². The van der Waals surface area contributed by atoms with E-state index in [0.29, 0.717) is 34.7 Å². The van der Waals surface area contributed by atoms with Crippen molar-refractivity contribution in [2.45, 2.75) is 12.6 Å². The average Bonchev–Trinajstić information content (AvgIpc) is 3.52. The maximum atomic E-state index is 12.7. The molecule has 3 aromatic heterocycles. The minimum Gasteiger partial charge on any atom is -0.390 e. The van der Waals surface area contributed by atoms with Crippen LogP contribution in [0.3, 0.4) is 0 Å². The number of benzene rings is 2. The van der Waals surface area contributed by atoms with Gasteiger partial charge in [0.2, 0.25) is 5.78 Å². The highest BCUT2D eigenvalue weighted by Gasteiger charge is 2.26. The van der Waals surface area contributed by atoms with Crippen molar-refractivity contribution in [2.24, 2.45) is 7.05 Å². The number of aliphatic hydroxyl groups is 1. The monoisotopic (exact) mass is 503 g/mol. The van der Waals surface area contributed by atoms with Crippen molar-refractivity contribution in [3.8, 4) is 22.4 Å². The molecule has 8 nitrogen and oxygen atoms in total. The Morgan fingerprint density at radius 3 is 2.69 bits per heavy atom. The number of aromatic nitrogens is 4. The lowest BCUT2D eigenvalue weighted by atomic mass is 9.96. The normalized spacial score (nSPS) is 12.6. The van der Waals surface area contributed by atoms with Gasteiger partial charge in [0.05, 0.1) is 23.9 Å². The summed E-state index contributed by atoms with van der Waals surface area (Å²) in [6.07, 6.45) is 3.33. The zero-order valence-corrected chi connectivity index (χ0v) is 21.0. The number of H-pyrrole nitrogens is 1. The van der Waals surface area contributed by atoms with Crippen LogP contribution >= 0.6 is 11.6 Å². The number of hydrogen-bond donors (Lipinski definition) is 2. The molecule has 0 fully saturated rings. The van der Waals surface area contributed by atoms with Crippen LogP contribution in [0.25, 0.3) is 44.2 Å². The smallest absolute Gasteiger partial charge is 0.242 e. The minimum absolute atomic E-state index is 0.203. The summed E-state index contributed by atoms with van der Waals surface area (Å²) in [5.74, 6) is -0.646. The van der Waals surface area contributed by atoms with Gasteiger partial charge in [-0.25, -0.2) is 0 Å². The van der Waals surface area contributed by atoms with E-state index in [9.17, 15) is 14.7 Å². The van der Waals surface area contributed by atoms with Gasteiger partial charge in [0, 0.05) is 64.0 Å². The van der Waals surface area contributed by atoms with E-state index in [-0.39, 0.29) is 12.2 Å². The number of likely N-dealkylation sites (N-methyl/N-ethyl adjacent to an activating group) is 1. The predicted molar refractivity (Wildman–Crippen MR) is 141 cm³/mol. The summed E-state index contributed by atoms with van der Waals surface area (Å²) in [6.45, 7) is 0.762. The largest absolute Gasteiger partial charge is 0.390 e. The fourth-order valence-electron chi connectivity index (χ4n) is 4.85. The number of aromatic amines is 1. The van der Waals surface area contributed by atoms with Crippen LogP contribution in [-0.2, 0) is 18.4 Å². The lowest BCUT2D eigenvalue weighted by molar-refractivity contribution is -0.104. The average molecular weight is 504 g/mol. The lowest BCUT2D eigenvalue weighted by Gasteiger charge is -2.16. The van der Waals surface area contributed by atoms with E-state index in [1.165, 1.54) is 0 Å². The summed E-state index contributed by atoms with van der Waals surface area (Å²) in [6, 6.07) is 13.4. The third-order valence-corrected chi connectivity index (χ3v) is 6.56. The number of Topliss-reactive ketones (excluding diaryl/α,β-unsaturated/α-hetero) is 1. The number of carbonyl (C=O) groups excluding carboxylic acids is 2. The number of nitrogens with zero attached hydrogens (tertiary/aromatic N) is 4. The van der Waals surface area contributed by atoms with Crippen molar-refractivity contribution in [3.63, 3.8) is 0 Å². The Labute approximate surface area is 212 Å². The third-order valence-electron chi connectivity index (χ3n) is 6.33. The number of para-hydroxylation sites is 1. The standard InChI is InChI=1S/C27H26ClN5O3/c1-31(2)12-17(35)13-33-23-9-8-16(28)10-19(23)26(30-33)20-11-29-27(24(36)15-34)25(20)21-14-32(3)22-7-5-4-6-18(21)22/h4-11,14-15,17,29,35H,12-13H2,1-3H3. The molecule has 0 saturated carbocycles. The topological polar surface area (TPSA) is 96.2 Å². The number of fused-ring (bicyclic) bond motifs is 2. The van der Waals surface area contributed by atoms with Crippen LogP contribution in [-0.4, -0.2) is 68.2 Å². The molecule has 36 heavy (non-hydrogen) atoms. The molecule has 5 aromatic rings. The second kappa shape index (κ2) is 9.39. The van der Waals surface area contributed by atoms with Crippen molar-refractivity contribution < 1.29 is 14.7 Å². The first kappa shape index (κ1) is 24.0. The van der Waals surface area contributed by atoms with Crippen LogP contribution in [0.4, 0.5) is 0 Å². The Balaban J connectivity index is 1.77. The van der Waals surface area contributed by atoms with Crippen LogP contribution in [0.1, 0.15) is 10.5 Å². The Hall–Kier alpha value is -3.72. The molecule has 0 aliphatic heterocycles. The summed E-state index contributed by atoms with van der Waals surface area (Å²) in [7, 11) is 5.74. The highest BCUT2D eigenvalue weighted by molar-refractivity contribution is 6.35. The second-order valence-corrected chi connectivity index (χ2v) is 9.65. The number of aryl methyl sites for hydroxylation is 1. The Kier molecular flexibility index (Phi) is 6.26. The van der Waals surface area contributed by atoms with E-state index < -0.39 is 11.9 Å². The summed E-state index contributed by atoms with van der Waals surface area (Å²) in [5.41, 5.74) is 4.69. The zero-order chi connectivity index (χ0) is 25.6.